The summed E-state index contributed by atoms with van der Waals surface area (Å²) in [6, 6.07) is 26.5. The Labute approximate surface area is 291 Å². The van der Waals surface area contributed by atoms with Crippen LogP contribution < -0.4 is 10.4 Å². The van der Waals surface area contributed by atoms with E-state index >= 15 is 0 Å². The number of benzene rings is 3. The lowest BCUT2D eigenvalue weighted by Crippen LogP contribution is -2.68. The van der Waals surface area contributed by atoms with Gasteiger partial charge in [0.2, 0.25) is 6.16 Å². The summed E-state index contributed by atoms with van der Waals surface area (Å²) in [5, 5.41) is 11.6. The van der Waals surface area contributed by atoms with Gasteiger partial charge in [0.1, 0.15) is 11.9 Å². The molecule has 0 bridgehead atoms. The van der Waals surface area contributed by atoms with Crippen LogP contribution in [0.15, 0.2) is 84.9 Å². The van der Waals surface area contributed by atoms with Gasteiger partial charge in [-0.05, 0) is 80.5 Å². The minimum absolute atomic E-state index is 0.0770. The van der Waals surface area contributed by atoms with Gasteiger partial charge in [0.25, 0.3) is 8.32 Å². The molecule has 1 aromatic heterocycles. The Balaban J connectivity index is 1.41. The fourth-order valence-corrected chi connectivity index (χ4v) is 12.8. The molecule has 1 aliphatic heterocycles. The van der Waals surface area contributed by atoms with Crippen LogP contribution in [0.25, 0.3) is 11.3 Å². The highest BCUT2D eigenvalue weighted by Crippen LogP contribution is 2.40. The molecule has 0 saturated heterocycles. The van der Waals surface area contributed by atoms with Crippen molar-refractivity contribution in [1.29, 1.82) is 0 Å². The molecule has 0 radical (unpaired) electrons. The Morgan fingerprint density at radius 1 is 0.980 bits per heavy atom. The van der Waals surface area contributed by atoms with Gasteiger partial charge in [0.15, 0.2) is 6.61 Å². The van der Waals surface area contributed by atoms with Crippen molar-refractivity contribution in [3.05, 3.63) is 108 Å². The average molecular weight is 699 g/mol. The Morgan fingerprint density at radius 2 is 1.59 bits per heavy atom. The Kier molecular flexibility index (Phi) is 11.7. The number of nitrogens with zero attached hydrogens (tertiary/aromatic N) is 1. The molecule has 2 heterocycles. The second-order valence-electron chi connectivity index (χ2n) is 13.9. The van der Waals surface area contributed by atoms with Crippen molar-refractivity contribution in [3.8, 4) is 23.1 Å². The van der Waals surface area contributed by atoms with Crippen LogP contribution in [0.5, 0.6) is 0 Å². The molecule has 2 atom stereocenters. The molecule has 1 N–H and O–H groups in total. The lowest BCUT2D eigenvalue weighted by atomic mass is 9.94. The Hall–Kier alpha value is -3.86. The smallest absolute Gasteiger partial charge is 0.481 e. The number of aromatic nitrogens is 1. The van der Waals surface area contributed by atoms with E-state index in [4.69, 9.17) is 8.95 Å². The minimum atomic E-state index is -3.09. The van der Waals surface area contributed by atoms with E-state index in [1.165, 1.54) is 23.4 Å². The van der Waals surface area contributed by atoms with Gasteiger partial charge in [-0.1, -0.05) is 107 Å². The topological polar surface area (TPSA) is 77.8 Å². The molecule has 9 heteroatoms. The molecule has 49 heavy (non-hydrogen) atoms. The molecule has 0 spiro atoms. The third kappa shape index (κ3) is 8.14. The molecular formula is C40H46FNO5PSi+. The molecular weight excluding hydrogens is 653 g/mol. The van der Waals surface area contributed by atoms with Crippen molar-refractivity contribution in [1.82, 2.24) is 4.57 Å². The predicted molar refractivity (Wildman–Crippen MR) is 197 cm³/mol. The molecule has 0 saturated carbocycles. The lowest BCUT2D eigenvalue weighted by molar-refractivity contribution is -0.138. The first-order chi connectivity index (χ1) is 23.4. The van der Waals surface area contributed by atoms with Crippen molar-refractivity contribution in [2.75, 3.05) is 12.8 Å². The van der Waals surface area contributed by atoms with Crippen molar-refractivity contribution in [2.24, 2.45) is 0 Å². The van der Waals surface area contributed by atoms with Gasteiger partial charge in [-0.25, -0.2) is 4.39 Å². The highest BCUT2D eigenvalue weighted by molar-refractivity contribution is 7.39. The summed E-state index contributed by atoms with van der Waals surface area (Å²) in [5.41, 5.74) is 5.25. The van der Waals surface area contributed by atoms with E-state index in [1.54, 1.807) is 12.1 Å². The van der Waals surface area contributed by atoms with Crippen LogP contribution >= 0.6 is 8.03 Å². The number of hydrogen-bond donors (Lipinski definition) is 1. The Morgan fingerprint density at radius 3 is 2.14 bits per heavy atom. The van der Waals surface area contributed by atoms with Crippen LogP contribution in [0.3, 0.4) is 0 Å². The van der Waals surface area contributed by atoms with Gasteiger partial charge < -0.3 is 14.1 Å². The number of carbonyl (C=O) groups is 1. The SMILES string of the molecule is CC(C)c1c(C#CCO[P+](=O)CC(CC(=O)O)O[Si](c2ccccc2)(c2ccccc2)C(C)(C)C)c(-c2ccc(F)cc2)n2c1CCCC2. The second-order valence-corrected chi connectivity index (χ2v) is 19.5. The standard InChI is InChI=1S/C40H45FNO5PSi/c1-29(2)38-35(39(30-21-23-31(41)24-22-30)42-25-13-12-20-36(38)42)19-14-26-46-48(45)28-32(27-37(43)44)47-49(40(3,4)5,33-15-8-6-9-16-33)34-17-10-7-11-18-34/h6-11,15-18,21-24,29,32H,12-13,20,25-28H2,1-5H3/p+1. The van der Waals surface area contributed by atoms with Crippen LogP contribution in [-0.4, -0.2) is 42.8 Å². The predicted octanol–water partition coefficient (Wildman–Crippen LogP) is 8.28. The number of carboxylic acids is 1. The third-order valence-electron chi connectivity index (χ3n) is 9.16. The minimum Gasteiger partial charge on any atom is -0.481 e. The van der Waals surface area contributed by atoms with E-state index in [0.717, 1.165) is 53.0 Å². The summed E-state index contributed by atoms with van der Waals surface area (Å²) in [5.74, 6) is 5.35. The fourth-order valence-electron chi connectivity index (χ4n) is 7.15. The van der Waals surface area contributed by atoms with E-state index in [9.17, 15) is 18.9 Å². The van der Waals surface area contributed by atoms with Crippen LogP contribution in [0.2, 0.25) is 5.04 Å². The molecule has 0 aliphatic carbocycles. The molecule has 4 aromatic rings. The average Bonchev–Trinajstić information content (AvgIpc) is 3.40. The maximum Gasteiger partial charge on any atom is 0.511 e. The van der Waals surface area contributed by atoms with Gasteiger partial charge in [-0.2, -0.15) is 0 Å². The van der Waals surface area contributed by atoms with Gasteiger partial charge in [-0.3, -0.25) is 4.79 Å². The Bertz CT molecular complexity index is 1780. The molecule has 5 rings (SSSR count). The van der Waals surface area contributed by atoms with Crippen molar-refractivity contribution < 1.29 is 27.8 Å². The molecule has 6 nitrogen and oxygen atoms in total. The second kappa shape index (κ2) is 15.8. The normalized spacial score (nSPS) is 14.1. The largest absolute Gasteiger partial charge is 0.511 e. The van der Waals surface area contributed by atoms with Gasteiger partial charge in [0, 0.05) is 12.2 Å². The zero-order valence-electron chi connectivity index (χ0n) is 29.0. The number of carboxylic acid groups (broad SMARTS) is 1. The summed E-state index contributed by atoms with van der Waals surface area (Å²) in [6.07, 6.45) is 1.90. The summed E-state index contributed by atoms with van der Waals surface area (Å²) in [6.45, 7) is 11.5. The molecule has 2 unspecified atom stereocenters. The molecule has 256 valence electrons. The molecule has 0 amide bonds. The van der Waals surface area contributed by atoms with E-state index in [1.807, 2.05) is 60.7 Å². The van der Waals surface area contributed by atoms with E-state index in [0.29, 0.717) is 0 Å². The maximum absolute atomic E-state index is 13.9. The first-order valence-corrected chi connectivity index (χ1v) is 20.3. The van der Waals surface area contributed by atoms with Crippen LogP contribution in [0.1, 0.15) is 76.6 Å². The maximum atomic E-state index is 13.9. The monoisotopic (exact) mass is 698 g/mol. The summed E-state index contributed by atoms with van der Waals surface area (Å²) >= 11 is 0. The first-order valence-electron chi connectivity index (χ1n) is 17.0. The first kappa shape index (κ1) is 36.4. The lowest BCUT2D eigenvalue weighted by Gasteiger charge is -2.44. The van der Waals surface area contributed by atoms with Crippen molar-refractivity contribution in [2.45, 2.75) is 83.9 Å². The number of aliphatic carboxylic acids is 1. The number of hydrogen-bond acceptors (Lipinski definition) is 4. The summed E-state index contributed by atoms with van der Waals surface area (Å²) in [4.78, 5) is 12.1. The van der Waals surface area contributed by atoms with Gasteiger partial charge in [0.05, 0.1) is 17.7 Å². The van der Waals surface area contributed by atoms with Crippen molar-refractivity contribution >= 4 is 32.7 Å². The fraction of sp³-hybridized carbons (Fsp3) is 0.375. The third-order valence-corrected chi connectivity index (χ3v) is 15.4. The van der Waals surface area contributed by atoms with Crippen LogP contribution in [0, 0.1) is 17.7 Å². The summed E-state index contributed by atoms with van der Waals surface area (Å²) in [7, 11) is -5.39. The van der Waals surface area contributed by atoms with Crippen LogP contribution in [0.4, 0.5) is 4.39 Å². The highest BCUT2D eigenvalue weighted by atomic mass is 31.1. The van der Waals surface area contributed by atoms with E-state index < -0.39 is 28.4 Å². The quantitative estimate of drug-likeness (QED) is 0.0916. The summed E-state index contributed by atoms with van der Waals surface area (Å²) < 4.78 is 42.5. The van der Waals surface area contributed by atoms with Gasteiger partial charge >= 0.3 is 14.0 Å². The molecule has 3 aromatic carbocycles. The number of rotatable bonds is 12. The number of fused-ring (bicyclic) bond motifs is 1. The van der Waals surface area contributed by atoms with Crippen molar-refractivity contribution in [3.63, 3.8) is 0 Å². The number of halogens is 1. The van der Waals surface area contributed by atoms with Crippen LogP contribution in [-0.2, 0) is 31.3 Å². The van der Waals surface area contributed by atoms with E-state index in [2.05, 4.69) is 51.0 Å². The molecule has 1 aliphatic rings. The highest BCUT2D eigenvalue weighted by Gasteiger charge is 2.52. The van der Waals surface area contributed by atoms with E-state index in [-0.39, 0.29) is 36.0 Å². The molecule has 0 fully saturated rings. The zero-order chi connectivity index (χ0) is 35.2. The van der Waals surface area contributed by atoms with Gasteiger partial charge in [-0.15, -0.1) is 4.52 Å². The zero-order valence-corrected chi connectivity index (χ0v) is 30.9.